The maximum Gasteiger partial charge on any atom is 0.297 e. The molecule has 0 radical (unpaired) electrons. The van der Waals surface area contributed by atoms with Crippen LogP contribution in [0.1, 0.15) is 20.2 Å². The van der Waals surface area contributed by atoms with Crippen molar-refractivity contribution in [2.45, 2.75) is 0 Å². The number of anilines is 1. The van der Waals surface area contributed by atoms with Gasteiger partial charge in [-0.05, 0) is 35.8 Å². The first-order valence-corrected chi connectivity index (χ1v) is 7.25. The molecule has 2 aromatic rings. The van der Waals surface area contributed by atoms with E-state index >= 15 is 0 Å². The molecule has 0 spiro atoms. The van der Waals surface area contributed by atoms with Crippen LogP contribution in [0.5, 0.6) is 0 Å². The third-order valence-electron chi connectivity index (χ3n) is 2.44. The number of rotatable bonds is 4. The lowest BCUT2D eigenvalue weighted by molar-refractivity contribution is -0.112. The monoisotopic (exact) mass is 368 g/mol. The molecule has 0 aliphatic rings. The van der Waals surface area contributed by atoms with Crippen LogP contribution in [0.15, 0.2) is 28.7 Å². The molecular formula is C12H9BrN4O3S. The normalized spacial score (nSPS) is 10.0. The molecule has 0 saturated carbocycles. The fourth-order valence-electron chi connectivity index (χ4n) is 1.43. The van der Waals surface area contributed by atoms with Gasteiger partial charge in [0.1, 0.15) is 4.88 Å². The third-order valence-corrected chi connectivity index (χ3v) is 3.70. The predicted molar refractivity (Wildman–Crippen MR) is 80.4 cm³/mol. The zero-order valence-corrected chi connectivity index (χ0v) is 13.1. The molecule has 108 valence electrons. The van der Waals surface area contributed by atoms with Crippen LogP contribution in [0.4, 0.5) is 5.69 Å². The topological polar surface area (TPSA) is 101 Å². The average molecular weight is 369 g/mol. The van der Waals surface area contributed by atoms with E-state index in [1.54, 1.807) is 24.3 Å². The van der Waals surface area contributed by atoms with Crippen LogP contribution < -0.4 is 10.6 Å². The number of benzene rings is 1. The van der Waals surface area contributed by atoms with Crippen molar-refractivity contribution in [1.82, 2.24) is 14.9 Å². The van der Waals surface area contributed by atoms with E-state index in [1.165, 1.54) is 7.05 Å². The second-order valence-corrected chi connectivity index (χ2v) is 5.49. The number of ketones is 1. The first-order valence-electron chi connectivity index (χ1n) is 5.68. The first-order chi connectivity index (χ1) is 10.0. The number of hydrogen-bond donors (Lipinski definition) is 2. The summed E-state index contributed by atoms with van der Waals surface area (Å²) in [5.41, 5.74) is 0.314. The van der Waals surface area contributed by atoms with Gasteiger partial charge in [0.2, 0.25) is 0 Å². The first kappa shape index (κ1) is 15.3. The zero-order chi connectivity index (χ0) is 15.4. The van der Waals surface area contributed by atoms with E-state index in [0.717, 1.165) is 4.47 Å². The Morgan fingerprint density at radius 3 is 2.48 bits per heavy atom. The highest BCUT2D eigenvalue weighted by molar-refractivity contribution is 9.10. The van der Waals surface area contributed by atoms with Crippen LogP contribution in [0.25, 0.3) is 0 Å². The molecule has 0 bridgehead atoms. The summed E-state index contributed by atoms with van der Waals surface area (Å²) < 4.78 is 4.38. The Morgan fingerprint density at radius 1 is 1.19 bits per heavy atom. The molecule has 7 nitrogen and oxygen atoms in total. The Hall–Kier alpha value is -2.13. The molecule has 21 heavy (non-hydrogen) atoms. The van der Waals surface area contributed by atoms with Gasteiger partial charge in [0.25, 0.3) is 17.6 Å². The lowest BCUT2D eigenvalue weighted by Crippen LogP contribution is -2.26. The summed E-state index contributed by atoms with van der Waals surface area (Å²) in [7, 11) is 1.40. The Morgan fingerprint density at radius 2 is 1.86 bits per heavy atom. The summed E-state index contributed by atoms with van der Waals surface area (Å²) >= 11 is 3.97. The minimum Gasteiger partial charge on any atom is -0.354 e. The summed E-state index contributed by atoms with van der Waals surface area (Å²) in [5, 5.41) is 8.34. The number of Topliss-reactive ketones (excluding diaryl/α,β-unsaturated/α-hetero) is 1. The lowest BCUT2D eigenvalue weighted by atomic mass is 10.2. The van der Waals surface area contributed by atoms with Gasteiger partial charge in [0.05, 0.1) is 0 Å². The summed E-state index contributed by atoms with van der Waals surface area (Å²) in [6, 6.07) is 6.73. The molecule has 0 saturated heterocycles. The van der Waals surface area contributed by atoms with Crippen LogP contribution in [-0.4, -0.2) is 34.2 Å². The second kappa shape index (κ2) is 6.55. The van der Waals surface area contributed by atoms with E-state index in [0.29, 0.717) is 17.2 Å². The molecule has 9 heteroatoms. The highest BCUT2D eigenvalue weighted by Crippen LogP contribution is 2.16. The number of amides is 2. The fraction of sp³-hybridized carbons (Fsp3) is 0.0833. The van der Waals surface area contributed by atoms with E-state index in [1.807, 2.05) is 0 Å². The lowest BCUT2D eigenvalue weighted by Gasteiger charge is -2.04. The molecule has 0 aliphatic heterocycles. The minimum absolute atomic E-state index is 0.0936. The van der Waals surface area contributed by atoms with Crippen LogP contribution in [0.2, 0.25) is 0 Å². The molecule has 1 heterocycles. The van der Waals surface area contributed by atoms with Gasteiger partial charge in [-0.15, -0.1) is 5.10 Å². The van der Waals surface area contributed by atoms with Crippen molar-refractivity contribution in [2.24, 2.45) is 0 Å². The Kier molecular flexibility index (Phi) is 4.76. The van der Waals surface area contributed by atoms with Gasteiger partial charge in [0.15, 0.2) is 5.69 Å². The molecule has 2 rings (SSSR count). The molecule has 1 aromatic carbocycles. The van der Waals surface area contributed by atoms with Crippen molar-refractivity contribution in [1.29, 1.82) is 0 Å². The Bertz CT molecular complexity index is 699. The van der Waals surface area contributed by atoms with Crippen LogP contribution in [-0.2, 0) is 4.79 Å². The molecule has 0 unspecified atom stereocenters. The number of aromatic nitrogens is 2. The van der Waals surface area contributed by atoms with Gasteiger partial charge >= 0.3 is 0 Å². The fourth-order valence-corrected chi connectivity index (χ4v) is 2.29. The quantitative estimate of drug-likeness (QED) is 0.628. The molecule has 2 amide bonds. The number of nitrogens with zero attached hydrogens (tertiary/aromatic N) is 2. The van der Waals surface area contributed by atoms with Gasteiger partial charge in [-0.3, -0.25) is 14.4 Å². The number of hydrogen-bond acceptors (Lipinski definition) is 6. The Balaban J connectivity index is 2.16. The highest BCUT2D eigenvalue weighted by Gasteiger charge is 2.26. The van der Waals surface area contributed by atoms with E-state index in [-0.39, 0.29) is 10.6 Å². The van der Waals surface area contributed by atoms with Crippen molar-refractivity contribution in [3.05, 3.63) is 39.3 Å². The van der Waals surface area contributed by atoms with Crippen molar-refractivity contribution >= 4 is 50.7 Å². The maximum absolute atomic E-state index is 12.0. The Labute approximate surface area is 132 Å². The molecular weight excluding hydrogens is 360 g/mol. The molecule has 0 aliphatic carbocycles. The standard InChI is InChI=1S/C12H9BrN4O3S/c1-14-11(19)8-10(21-17-16-8)9(18)12(20)15-7-4-2-6(13)3-5-7/h2-5H,1H3,(H,14,19)(H,15,20). The molecule has 1 aromatic heterocycles. The summed E-state index contributed by atoms with van der Waals surface area (Å²) in [6.45, 7) is 0. The zero-order valence-electron chi connectivity index (χ0n) is 10.7. The molecule has 0 atom stereocenters. The summed E-state index contributed by atoms with van der Waals surface area (Å²) in [5.74, 6) is -2.27. The SMILES string of the molecule is CNC(=O)c1nnsc1C(=O)C(=O)Nc1ccc(Br)cc1. The summed E-state index contributed by atoms with van der Waals surface area (Å²) in [6.07, 6.45) is 0. The number of nitrogens with one attached hydrogen (secondary N) is 2. The molecule has 2 N–H and O–H groups in total. The van der Waals surface area contributed by atoms with Crippen LogP contribution in [0, 0.1) is 0 Å². The second-order valence-electron chi connectivity index (χ2n) is 3.82. The van der Waals surface area contributed by atoms with Crippen molar-refractivity contribution < 1.29 is 14.4 Å². The van der Waals surface area contributed by atoms with E-state index in [9.17, 15) is 14.4 Å². The predicted octanol–water partition coefficient (Wildman–Crippen LogP) is 1.48. The third kappa shape index (κ3) is 3.50. The van der Waals surface area contributed by atoms with E-state index in [4.69, 9.17) is 0 Å². The molecule has 0 fully saturated rings. The number of carbonyl (C=O) groups is 3. The van der Waals surface area contributed by atoms with Gasteiger partial charge in [-0.1, -0.05) is 20.4 Å². The smallest absolute Gasteiger partial charge is 0.297 e. The highest BCUT2D eigenvalue weighted by atomic mass is 79.9. The van der Waals surface area contributed by atoms with E-state index in [2.05, 4.69) is 36.2 Å². The van der Waals surface area contributed by atoms with Gasteiger partial charge in [0, 0.05) is 17.2 Å². The van der Waals surface area contributed by atoms with Crippen LogP contribution in [0.3, 0.4) is 0 Å². The van der Waals surface area contributed by atoms with Crippen molar-refractivity contribution in [3.63, 3.8) is 0 Å². The number of carbonyl (C=O) groups excluding carboxylic acids is 3. The summed E-state index contributed by atoms with van der Waals surface area (Å²) in [4.78, 5) is 35.4. The van der Waals surface area contributed by atoms with E-state index < -0.39 is 17.6 Å². The average Bonchev–Trinajstić information content (AvgIpc) is 2.97. The van der Waals surface area contributed by atoms with Gasteiger partial charge in [-0.25, -0.2) is 0 Å². The van der Waals surface area contributed by atoms with Crippen LogP contribution >= 0.6 is 27.5 Å². The maximum atomic E-state index is 12.0. The van der Waals surface area contributed by atoms with Gasteiger partial charge in [-0.2, -0.15) is 0 Å². The van der Waals surface area contributed by atoms with Crippen molar-refractivity contribution in [3.8, 4) is 0 Å². The minimum atomic E-state index is -0.855. The van der Waals surface area contributed by atoms with Crippen molar-refractivity contribution in [2.75, 3.05) is 12.4 Å². The largest absolute Gasteiger partial charge is 0.354 e. The number of halogens is 1. The van der Waals surface area contributed by atoms with Gasteiger partial charge < -0.3 is 10.6 Å².